The minimum atomic E-state index is -1.27. The Balaban J connectivity index is 2.93. The van der Waals surface area contributed by atoms with Crippen molar-refractivity contribution in [1.82, 2.24) is 0 Å². The number of rotatable bonds is 4. The summed E-state index contributed by atoms with van der Waals surface area (Å²) >= 11 is 5.80. The van der Waals surface area contributed by atoms with Gasteiger partial charge in [0.1, 0.15) is 5.54 Å². The fourth-order valence-electron chi connectivity index (χ4n) is 1.59. The Bertz CT molecular complexity index is 410. The first-order valence-electron chi connectivity index (χ1n) is 5.43. The molecule has 0 aliphatic heterocycles. The number of aliphatic carboxylic acids is 1. The monoisotopic (exact) mass is 255 g/mol. The molecule has 1 rings (SSSR count). The zero-order valence-electron chi connectivity index (χ0n) is 10.3. The minimum Gasteiger partial charge on any atom is -0.480 e. The molecule has 0 aromatic heterocycles. The van der Waals surface area contributed by atoms with E-state index < -0.39 is 16.9 Å². The second-order valence-corrected chi connectivity index (χ2v) is 5.63. The van der Waals surface area contributed by atoms with E-state index in [1.165, 1.54) is 0 Å². The SMILES string of the molecule is CC(C)(Cc1ccc(Cl)cc1)C(C)(N)C(=O)O. The van der Waals surface area contributed by atoms with Crippen molar-refractivity contribution in [3.8, 4) is 0 Å². The zero-order valence-corrected chi connectivity index (χ0v) is 11.1. The molecule has 17 heavy (non-hydrogen) atoms. The molecule has 1 unspecified atom stereocenters. The molecule has 4 heteroatoms. The maximum Gasteiger partial charge on any atom is 0.323 e. The van der Waals surface area contributed by atoms with E-state index in [1.807, 2.05) is 26.0 Å². The van der Waals surface area contributed by atoms with Crippen LogP contribution < -0.4 is 5.73 Å². The van der Waals surface area contributed by atoms with Crippen molar-refractivity contribution in [1.29, 1.82) is 0 Å². The minimum absolute atomic E-state index is 0.549. The van der Waals surface area contributed by atoms with Crippen LogP contribution in [0.2, 0.25) is 5.02 Å². The lowest BCUT2D eigenvalue weighted by Crippen LogP contribution is -2.57. The molecule has 0 amide bonds. The van der Waals surface area contributed by atoms with Crippen LogP contribution in [0.1, 0.15) is 26.3 Å². The zero-order chi connectivity index (χ0) is 13.3. The normalized spacial score (nSPS) is 15.4. The third-order valence-corrected chi connectivity index (χ3v) is 3.66. The smallest absolute Gasteiger partial charge is 0.323 e. The Morgan fingerprint density at radius 2 is 1.76 bits per heavy atom. The van der Waals surface area contributed by atoms with Crippen molar-refractivity contribution in [2.24, 2.45) is 11.1 Å². The maximum absolute atomic E-state index is 11.2. The van der Waals surface area contributed by atoms with E-state index in [9.17, 15) is 4.79 Å². The molecule has 0 heterocycles. The molecule has 0 saturated carbocycles. The highest BCUT2D eigenvalue weighted by molar-refractivity contribution is 6.30. The van der Waals surface area contributed by atoms with Crippen molar-refractivity contribution in [2.75, 3.05) is 0 Å². The molecule has 0 aliphatic carbocycles. The number of hydrogen-bond donors (Lipinski definition) is 2. The van der Waals surface area contributed by atoms with Gasteiger partial charge in [-0.05, 0) is 36.5 Å². The highest BCUT2D eigenvalue weighted by Crippen LogP contribution is 2.33. The van der Waals surface area contributed by atoms with Gasteiger partial charge in [-0.15, -0.1) is 0 Å². The Morgan fingerprint density at radius 1 is 1.29 bits per heavy atom. The highest BCUT2D eigenvalue weighted by atomic mass is 35.5. The summed E-state index contributed by atoms with van der Waals surface area (Å²) in [6.07, 6.45) is 0.587. The molecule has 94 valence electrons. The van der Waals surface area contributed by atoms with E-state index >= 15 is 0 Å². The molecule has 0 radical (unpaired) electrons. The van der Waals surface area contributed by atoms with Gasteiger partial charge in [0.25, 0.3) is 0 Å². The van der Waals surface area contributed by atoms with E-state index in [0.717, 1.165) is 5.56 Å². The Labute approximate surface area is 107 Å². The van der Waals surface area contributed by atoms with Crippen LogP contribution in [0.15, 0.2) is 24.3 Å². The van der Waals surface area contributed by atoms with Crippen molar-refractivity contribution in [2.45, 2.75) is 32.7 Å². The molecular formula is C13H18ClNO2. The van der Waals surface area contributed by atoms with E-state index in [4.69, 9.17) is 22.4 Å². The van der Waals surface area contributed by atoms with Gasteiger partial charge >= 0.3 is 5.97 Å². The Morgan fingerprint density at radius 3 is 2.18 bits per heavy atom. The van der Waals surface area contributed by atoms with Crippen LogP contribution in [0.4, 0.5) is 0 Å². The lowest BCUT2D eigenvalue weighted by Gasteiger charge is -2.38. The van der Waals surface area contributed by atoms with E-state index in [0.29, 0.717) is 11.4 Å². The number of halogens is 1. The maximum atomic E-state index is 11.2. The summed E-state index contributed by atoms with van der Waals surface area (Å²) in [5, 5.41) is 9.82. The summed E-state index contributed by atoms with van der Waals surface area (Å²) in [7, 11) is 0. The molecule has 1 aromatic rings. The van der Waals surface area contributed by atoms with Gasteiger partial charge in [0.15, 0.2) is 0 Å². The number of carboxylic acids is 1. The molecule has 1 atom stereocenters. The van der Waals surface area contributed by atoms with Crippen LogP contribution in [-0.2, 0) is 11.2 Å². The van der Waals surface area contributed by atoms with Gasteiger partial charge in [0.2, 0.25) is 0 Å². The lowest BCUT2D eigenvalue weighted by molar-refractivity contribution is -0.147. The van der Waals surface area contributed by atoms with Crippen LogP contribution in [-0.4, -0.2) is 16.6 Å². The molecule has 3 nitrogen and oxygen atoms in total. The van der Waals surface area contributed by atoms with Crippen LogP contribution in [0.3, 0.4) is 0 Å². The van der Waals surface area contributed by atoms with Crippen molar-refractivity contribution in [3.05, 3.63) is 34.9 Å². The summed E-state index contributed by atoms with van der Waals surface area (Å²) in [4.78, 5) is 11.2. The number of carbonyl (C=O) groups is 1. The second-order valence-electron chi connectivity index (χ2n) is 5.19. The van der Waals surface area contributed by atoms with Crippen LogP contribution in [0, 0.1) is 5.41 Å². The molecule has 3 N–H and O–H groups in total. The van der Waals surface area contributed by atoms with Crippen LogP contribution >= 0.6 is 11.6 Å². The average molecular weight is 256 g/mol. The number of hydrogen-bond acceptors (Lipinski definition) is 2. The highest BCUT2D eigenvalue weighted by Gasteiger charge is 2.43. The third-order valence-electron chi connectivity index (χ3n) is 3.41. The quantitative estimate of drug-likeness (QED) is 0.870. The lowest BCUT2D eigenvalue weighted by atomic mass is 9.70. The summed E-state index contributed by atoms with van der Waals surface area (Å²) in [5.41, 5.74) is 5.09. The second kappa shape index (κ2) is 4.67. The molecule has 0 fully saturated rings. The number of benzene rings is 1. The Kier molecular flexibility index (Phi) is 3.84. The van der Waals surface area contributed by atoms with E-state index in [1.54, 1.807) is 19.1 Å². The molecule has 0 bridgehead atoms. The van der Waals surface area contributed by atoms with E-state index in [-0.39, 0.29) is 0 Å². The number of carboxylic acid groups (broad SMARTS) is 1. The number of nitrogens with two attached hydrogens (primary N) is 1. The molecule has 0 aliphatic rings. The average Bonchev–Trinajstić information content (AvgIpc) is 2.20. The first kappa shape index (κ1) is 14.0. The van der Waals surface area contributed by atoms with Gasteiger partial charge < -0.3 is 10.8 Å². The van der Waals surface area contributed by atoms with Crippen LogP contribution in [0.25, 0.3) is 0 Å². The van der Waals surface area contributed by atoms with E-state index in [2.05, 4.69) is 0 Å². The fourth-order valence-corrected chi connectivity index (χ4v) is 1.71. The topological polar surface area (TPSA) is 63.3 Å². The first-order chi connectivity index (χ1) is 7.67. The van der Waals surface area contributed by atoms with Gasteiger partial charge in [-0.25, -0.2) is 0 Å². The first-order valence-corrected chi connectivity index (χ1v) is 5.81. The standard InChI is InChI=1S/C13H18ClNO2/c1-12(2,13(3,15)11(16)17)8-9-4-6-10(14)7-5-9/h4-7H,8,15H2,1-3H3,(H,16,17). The summed E-state index contributed by atoms with van der Waals surface area (Å²) in [6.45, 7) is 5.26. The predicted molar refractivity (Wildman–Crippen MR) is 69.2 cm³/mol. The Hall–Kier alpha value is -1.06. The molecule has 0 spiro atoms. The van der Waals surface area contributed by atoms with Crippen molar-refractivity contribution < 1.29 is 9.90 Å². The summed E-state index contributed by atoms with van der Waals surface area (Å²) in [6, 6.07) is 7.37. The predicted octanol–water partition coefficient (Wildman–Crippen LogP) is 2.71. The van der Waals surface area contributed by atoms with Gasteiger partial charge in [0, 0.05) is 5.02 Å². The molecule has 1 aromatic carbocycles. The van der Waals surface area contributed by atoms with Crippen molar-refractivity contribution in [3.63, 3.8) is 0 Å². The largest absolute Gasteiger partial charge is 0.480 e. The van der Waals surface area contributed by atoms with Crippen LogP contribution in [0.5, 0.6) is 0 Å². The fraction of sp³-hybridized carbons (Fsp3) is 0.462. The molecular weight excluding hydrogens is 238 g/mol. The van der Waals surface area contributed by atoms with Crippen molar-refractivity contribution >= 4 is 17.6 Å². The van der Waals surface area contributed by atoms with Gasteiger partial charge in [-0.1, -0.05) is 37.6 Å². The molecule has 0 saturated heterocycles. The van der Waals surface area contributed by atoms with Gasteiger partial charge in [-0.2, -0.15) is 0 Å². The summed E-state index contributed by atoms with van der Waals surface area (Å²) < 4.78 is 0. The van der Waals surface area contributed by atoms with Gasteiger partial charge in [0.05, 0.1) is 0 Å². The third kappa shape index (κ3) is 2.99. The summed E-state index contributed by atoms with van der Waals surface area (Å²) in [5.74, 6) is -0.989. The van der Waals surface area contributed by atoms with Gasteiger partial charge in [-0.3, -0.25) is 4.79 Å².